The Labute approximate surface area is 119 Å². The molecule has 0 aromatic carbocycles. The van der Waals surface area contributed by atoms with Crippen LogP contribution in [0.25, 0.3) is 0 Å². The van der Waals surface area contributed by atoms with E-state index >= 15 is 0 Å². The molecule has 0 unspecified atom stereocenters. The highest BCUT2D eigenvalue weighted by Crippen LogP contribution is 2.08. The van der Waals surface area contributed by atoms with Crippen LogP contribution in [0.5, 0.6) is 0 Å². The van der Waals surface area contributed by atoms with E-state index in [2.05, 4.69) is 0 Å². The standard InChI is InChI=1S/C13H24O5S/c1-11(14)19-10-9-17-8-7-16-6-5-12(15)18-13(2,3)4/h5-10H2,1-4H3. The third-order valence-corrected chi connectivity index (χ3v) is 2.55. The minimum atomic E-state index is -0.450. The predicted molar refractivity (Wildman–Crippen MR) is 75.2 cm³/mol. The molecule has 0 radical (unpaired) electrons. The number of ether oxygens (including phenoxy) is 3. The summed E-state index contributed by atoms with van der Waals surface area (Å²) in [5.41, 5.74) is -0.450. The smallest absolute Gasteiger partial charge is 0.308 e. The largest absolute Gasteiger partial charge is 0.460 e. The van der Waals surface area contributed by atoms with Crippen molar-refractivity contribution in [3.8, 4) is 0 Å². The fraction of sp³-hybridized carbons (Fsp3) is 0.846. The van der Waals surface area contributed by atoms with E-state index in [9.17, 15) is 9.59 Å². The van der Waals surface area contributed by atoms with Crippen molar-refractivity contribution in [2.45, 2.75) is 39.7 Å². The Morgan fingerprint density at radius 3 is 2.11 bits per heavy atom. The molecule has 0 aromatic rings. The van der Waals surface area contributed by atoms with Crippen LogP contribution in [-0.4, -0.2) is 48.9 Å². The van der Waals surface area contributed by atoms with E-state index in [0.717, 1.165) is 0 Å². The van der Waals surface area contributed by atoms with Crippen LogP contribution in [-0.2, 0) is 23.8 Å². The summed E-state index contributed by atoms with van der Waals surface area (Å²) in [6.07, 6.45) is 0.247. The van der Waals surface area contributed by atoms with Crippen molar-refractivity contribution >= 4 is 22.8 Å². The first-order valence-corrected chi connectivity index (χ1v) is 7.30. The van der Waals surface area contributed by atoms with Crippen LogP contribution in [0.2, 0.25) is 0 Å². The van der Waals surface area contributed by atoms with Crippen molar-refractivity contribution < 1.29 is 23.8 Å². The van der Waals surface area contributed by atoms with Gasteiger partial charge in [0.2, 0.25) is 0 Å². The zero-order valence-corrected chi connectivity index (χ0v) is 13.0. The normalized spacial score (nSPS) is 11.4. The molecule has 0 heterocycles. The number of carbonyl (C=O) groups is 2. The van der Waals surface area contributed by atoms with Crippen LogP contribution in [0.1, 0.15) is 34.1 Å². The minimum Gasteiger partial charge on any atom is -0.460 e. The summed E-state index contributed by atoms with van der Waals surface area (Å²) in [6, 6.07) is 0. The van der Waals surface area contributed by atoms with Crippen molar-refractivity contribution in [2.24, 2.45) is 0 Å². The zero-order chi connectivity index (χ0) is 14.7. The first-order chi connectivity index (χ1) is 8.81. The Hall–Kier alpha value is -0.590. The lowest BCUT2D eigenvalue weighted by atomic mass is 10.2. The van der Waals surface area contributed by atoms with E-state index in [0.29, 0.717) is 32.2 Å². The van der Waals surface area contributed by atoms with Gasteiger partial charge in [0, 0.05) is 12.7 Å². The highest BCUT2D eigenvalue weighted by molar-refractivity contribution is 8.13. The van der Waals surface area contributed by atoms with Gasteiger partial charge in [0.15, 0.2) is 5.12 Å². The molecule has 0 fully saturated rings. The molecule has 0 aliphatic carbocycles. The van der Waals surface area contributed by atoms with Gasteiger partial charge in [-0.2, -0.15) is 0 Å². The number of hydrogen-bond acceptors (Lipinski definition) is 6. The van der Waals surface area contributed by atoms with Crippen molar-refractivity contribution in [3.63, 3.8) is 0 Å². The molecule has 0 aliphatic rings. The van der Waals surface area contributed by atoms with Gasteiger partial charge in [-0.15, -0.1) is 0 Å². The first kappa shape index (κ1) is 18.4. The Morgan fingerprint density at radius 2 is 1.58 bits per heavy atom. The molecule has 0 aromatic heterocycles. The van der Waals surface area contributed by atoms with Gasteiger partial charge < -0.3 is 14.2 Å². The van der Waals surface area contributed by atoms with Gasteiger partial charge in [-0.25, -0.2) is 0 Å². The summed E-state index contributed by atoms with van der Waals surface area (Å²) in [5, 5.41) is 0.0946. The second-order valence-electron chi connectivity index (χ2n) is 4.90. The van der Waals surface area contributed by atoms with E-state index < -0.39 is 5.60 Å². The average Bonchev–Trinajstić information content (AvgIpc) is 2.24. The molecule has 0 N–H and O–H groups in total. The lowest BCUT2D eigenvalue weighted by molar-refractivity contribution is -0.156. The van der Waals surface area contributed by atoms with Crippen LogP contribution < -0.4 is 0 Å². The molecule has 0 saturated carbocycles. The van der Waals surface area contributed by atoms with E-state index in [1.54, 1.807) is 0 Å². The van der Waals surface area contributed by atoms with Crippen LogP contribution in [0, 0.1) is 0 Å². The predicted octanol–water partition coefficient (Wildman–Crippen LogP) is 2.03. The fourth-order valence-electron chi connectivity index (χ4n) is 1.11. The van der Waals surface area contributed by atoms with Crippen molar-refractivity contribution in [1.29, 1.82) is 0 Å². The molecular formula is C13H24O5S. The van der Waals surface area contributed by atoms with Crippen molar-refractivity contribution in [3.05, 3.63) is 0 Å². The van der Waals surface area contributed by atoms with Crippen LogP contribution in [0.3, 0.4) is 0 Å². The first-order valence-electron chi connectivity index (χ1n) is 6.32. The molecule has 6 heteroatoms. The summed E-state index contributed by atoms with van der Waals surface area (Å²) in [5.74, 6) is 0.402. The third-order valence-electron chi connectivity index (χ3n) is 1.78. The summed E-state index contributed by atoms with van der Waals surface area (Å²) in [4.78, 5) is 21.9. The number of thioether (sulfide) groups is 1. The van der Waals surface area contributed by atoms with Gasteiger partial charge in [0.25, 0.3) is 0 Å². The van der Waals surface area contributed by atoms with Crippen molar-refractivity contribution in [2.75, 3.05) is 32.2 Å². The molecule has 0 saturated heterocycles. The molecular weight excluding hydrogens is 268 g/mol. The summed E-state index contributed by atoms with van der Waals surface area (Å²) >= 11 is 1.24. The highest BCUT2D eigenvalue weighted by atomic mass is 32.2. The number of carbonyl (C=O) groups excluding carboxylic acids is 2. The monoisotopic (exact) mass is 292 g/mol. The van der Waals surface area contributed by atoms with E-state index in [1.807, 2.05) is 20.8 Å². The molecule has 19 heavy (non-hydrogen) atoms. The van der Waals surface area contributed by atoms with Gasteiger partial charge in [-0.3, -0.25) is 9.59 Å². The zero-order valence-electron chi connectivity index (χ0n) is 12.2. The second-order valence-corrected chi connectivity index (χ2v) is 6.17. The molecule has 0 rings (SSSR count). The molecule has 0 atom stereocenters. The highest BCUT2D eigenvalue weighted by Gasteiger charge is 2.15. The molecule has 0 amide bonds. The molecule has 0 bridgehead atoms. The number of hydrogen-bond donors (Lipinski definition) is 0. The number of rotatable bonds is 9. The Morgan fingerprint density at radius 1 is 1.00 bits per heavy atom. The fourth-order valence-corrected chi connectivity index (χ4v) is 1.60. The van der Waals surface area contributed by atoms with Crippen LogP contribution >= 0.6 is 11.8 Å². The second kappa shape index (κ2) is 10.2. The maximum absolute atomic E-state index is 11.3. The van der Waals surface area contributed by atoms with E-state index in [-0.39, 0.29) is 17.5 Å². The molecule has 5 nitrogen and oxygen atoms in total. The van der Waals surface area contributed by atoms with Gasteiger partial charge in [0.05, 0.1) is 32.8 Å². The van der Waals surface area contributed by atoms with Gasteiger partial charge >= 0.3 is 5.97 Å². The summed E-state index contributed by atoms with van der Waals surface area (Å²) in [6.45, 7) is 8.79. The minimum absolute atomic E-state index is 0.0946. The van der Waals surface area contributed by atoms with Gasteiger partial charge in [-0.1, -0.05) is 11.8 Å². The SMILES string of the molecule is CC(=O)SCCOCCOCCC(=O)OC(C)(C)C. The van der Waals surface area contributed by atoms with Gasteiger partial charge in [-0.05, 0) is 20.8 Å². The van der Waals surface area contributed by atoms with E-state index in [4.69, 9.17) is 14.2 Å². The Kier molecular flexibility index (Phi) is 9.91. The summed E-state index contributed by atoms with van der Waals surface area (Å²) < 4.78 is 15.6. The quantitative estimate of drug-likeness (QED) is 0.479. The maximum atomic E-state index is 11.3. The molecule has 112 valence electrons. The Balaban J connectivity index is 3.27. The van der Waals surface area contributed by atoms with E-state index in [1.165, 1.54) is 18.7 Å². The third kappa shape index (κ3) is 15.4. The van der Waals surface area contributed by atoms with Crippen LogP contribution in [0.4, 0.5) is 0 Å². The molecule has 0 spiro atoms. The van der Waals surface area contributed by atoms with Gasteiger partial charge in [0.1, 0.15) is 5.60 Å². The maximum Gasteiger partial charge on any atom is 0.308 e. The Bertz CT molecular complexity index is 273. The lowest BCUT2D eigenvalue weighted by Crippen LogP contribution is -2.24. The summed E-state index contributed by atoms with van der Waals surface area (Å²) in [7, 11) is 0. The number of esters is 1. The van der Waals surface area contributed by atoms with Crippen molar-refractivity contribution in [1.82, 2.24) is 0 Å². The average molecular weight is 292 g/mol. The van der Waals surface area contributed by atoms with Crippen LogP contribution in [0.15, 0.2) is 0 Å². The topological polar surface area (TPSA) is 61.8 Å². The lowest BCUT2D eigenvalue weighted by Gasteiger charge is -2.19. The molecule has 0 aliphatic heterocycles.